The molecule has 14 heteroatoms. The molecule has 0 radical (unpaired) electrons. The number of halogens is 3. The zero-order valence-electron chi connectivity index (χ0n) is 30.0. The number of nitrogens with zero attached hydrogens (tertiary/aromatic N) is 2. The zero-order chi connectivity index (χ0) is 37.1. The van der Waals surface area contributed by atoms with E-state index in [1.807, 2.05) is 44.2 Å². The summed E-state index contributed by atoms with van der Waals surface area (Å²) in [4.78, 5) is 38.0. The number of pyridine rings is 1. The van der Waals surface area contributed by atoms with Crippen LogP contribution in [0.1, 0.15) is 76.4 Å². The molecule has 10 nitrogen and oxygen atoms in total. The highest BCUT2D eigenvalue weighted by Gasteiger charge is 2.68. The summed E-state index contributed by atoms with van der Waals surface area (Å²) in [6, 6.07) is 14.6. The number of carbonyl (C=O) groups is 2. The van der Waals surface area contributed by atoms with Crippen LogP contribution in [-0.4, -0.2) is 65.8 Å². The molecule has 3 aromatic rings. The van der Waals surface area contributed by atoms with Crippen LogP contribution in [0.15, 0.2) is 65.9 Å². The average Bonchev–Trinajstić information content (AvgIpc) is 3.67. The molecule has 2 amide bonds. The van der Waals surface area contributed by atoms with E-state index in [1.165, 1.54) is 18.2 Å². The minimum atomic E-state index is -4.89. The van der Waals surface area contributed by atoms with E-state index in [1.54, 1.807) is 12.3 Å². The maximum absolute atomic E-state index is 14.5. The number of amides is 2. The number of ether oxygens (including phenoxy) is 1. The first-order valence-corrected chi connectivity index (χ1v) is 17.9. The van der Waals surface area contributed by atoms with Crippen LogP contribution < -0.4 is 15.4 Å². The molecule has 276 valence electrons. The standard InChI is InChI=1S/C38H44BF3N4O6/c1-22(2)15-31(39-50-30-18-25-17-29(35(25,3)4)36(30,5)51-39)45-34(48)37(19-23-9-8-11-27(16-23)49-38(40,41)42)20-26(46-52-37)21-44-33(47)32-28-12-7-6-10-24(28)13-14-43-32/h6-14,16,22,25,29-31H,15,17-21H2,1-5H3,(H,44,47)(H,45,48)/t25-,29-,30+,31-,36-,37?/m0/s1. The van der Waals surface area contributed by atoms with E-state index in [4.69, 9.17) is 14.1 Å². The fourth-order valence-corrected chi connectivity index (χ4v) is 8.80. The Balaban J connectivity index is 1.11. The maximum Gasteiger partial charge on any atom is 0.573 e. The normalized spacial score (nSPS) is 28.1. The molecule has 3 aliphatic carbocycles. The van der Waals surface area contributed by atoms with E-state index in [-0.39, 0.29) is 42.5 Å². The quantitative estimate of drug-likeness (QED) is 0.220. The van der Waals surface area contributed by atoms with Gasteiger partial charge in [-0.15, -0.1) is 13.2 Å². The molecule has 52 heavy (non-hydrogen) atoms. The molecule has 1 aromatic heterocycles. The van der Waals surface area contributed by atoms with Crippen molar-refractivity contribution in [1.82, 2.24) is 15.6 Å². The topological polar surface area (TPSA) is 120 Å². The summed E-state index contributed by atoms with van der Waals surface area (Å²) in [7, 11) is -0.702. The van der Waals surface area contributed by atoms with Crippen molar-refractivity contribution < 1.29 is 41.6 Å². The highest BCUT2D eigenvalue weighted by atomic mass is 19.4. The Morgan fingerprint density at radius 1 is 1.08 bits per heavy atom. The van der Waals surface area contributed by atoms with Gasteiger partial charge < -0.3 is 29.5 Å². The predicted octanol–water partition coefficient (Wildman–Crippen LogP) is 6.42. The molecular weight excluding hydrogens is 676 g/mol. The molecule has 5 aliphatic rings. The van der Waals surface area contributed by atoms with Crippen molar-refractivity contribution >= 4 is 35.4 Å². The molecular formula is C38H44BF3N4O6. The summed E-state index contributed by atoms with van der Waals surface area (Å²) in [5, 5.41) is 11.8. The molecule has 2 bridgehead atoms. The molecule has 3 saturated carbocycles. The highest BCUT2D eigenvalue weighted by molar-refractivity contribution is 6.48. The number of hydrogen-bond donors (Lipinski definition) is 2. The van der Waals surface area contributed by atoms with Gasteiger partial charge in [-0.2, -0.15) is 0 Å². The van der Waals surface area contributed by atoms with Crippen LogP contribution in [0.3, 0.4) is 0 Å². The highest BCUT2D eigenvalue weighted by Crippen LogP contribution is 2.65. The molecule has 2 aromatic carbocycles. The summed E-state index contributed by atoms with van der Waals surface area (Å²) in [6.07, 6.45) is -1.07. The Morgan fingerprint density at radius 3 is 2.62 bits per heavy atom. The van der Waals surface area contributed by atoms with Crippen molar-refractivity contribution in [2.24, 2.45) is 28.3 Å². The van der Waals surface area contributed by atoms with Gasteiger partial charge in [0.1, 0.15) is 11.4 Å². The Labute approximate surface area is 301 Å². The molecule has 1 saturated heterocycles. The second-order valence-corrected chi connectivity index (χ2v) is 15.9. The fraction of sp³-hybridized carbons (Fsp3) is 0.526. The molecule has 4 fully saturated rings. The number of hydrogen-bond acceptors (Lipinski definition) is 8. The average molecular weight is 721 g/mol. The number of carbonyl (C=O) groups excluding carboxylic acids is 2. The van der Waals surface area contributed by atoms with Crippen molar-refractivity contribution in [3.63, 3.8) is 0 Å². The van der Waals surface area contributed by atoms with Crippen LogP contribution >= 0.6 is 0 Å². The van der Waals surface area contributed by atoms with Gasteiger partial charge in [0.15, 0.2) is 0 Å². The lowest BCUT2D eigenvalue weighted by molar-refractivity contribution is -0.274. The Hall–Kier alpha value is -4.17. The second-order valence-electron chi connectivity index (χ2n) is 15.9. The van der Waals surface area contributed by atoms with Crippen molar-refractivity contribution in [1.29, 1.82) is 0 Å². The lowest BCUT2D eigenvalue weighted by Crippen LogP contribution is -2.65. The third-order valence-electron chi connectivity index (χ3n) is 11.6. The molecule has 0 spiro atoms. The SMILES string of the molecule is CC(C)C[C@H](NC(=O)C1(Cc2cccc(OC(F)(F)F)c2)CC(CNC(=O)c2nccc3ccccc23)=NO1)B1O[C@@H]2C[C@@H]3C[C@@H](C3(C)C)[C@]2(C)O1. The minimum Gasteiger partial charge on any atom is -0.406 e. The third-order valence-corrected chi connectivity index (χ3v) is 11.6. The minimum absolute atomic E-state index is 0.0362. The monoisotopic (exact) mass is 720 g/mol. The van der Waals surface area contributed by atoms with E-state index in [0.717, 1.165) is 18.2 Å². The number of nitrogens with one attached hydrogen (secondary N) is 2. The third kappa shape index (κ3) is 6.87. The van der Waals surface area contributed by atoms with Gasteiger partial charge in [-0.05, 0) is 78.5 Å². The summed E-state index contributed by atoms with van der Waals surface area (Å²) in [5.41, 5.74) is -1.02. The van der Waals surface area contributed by atoms with Crippen LogP contribution in [0.2, 0.25) is 0 Å². The zero-order valence-corrected chi connectivity index (χ0v) is 30.0. The van der Waals surface area contributed by atoms with E-state index in [2.05, 4.69) is 46.3 Å². The van der Waals surface area contributed by atoms with Gasteiger partial charge in [0.2, 0.25) is 5.60 Å². The van der Waals surface area contributed by atoms with E-state index >= 15 is 0 Å². The van der Waals surface area contributed by atoms with E-state index < -0.39 is 48.2 Å². The van der Waals surface area contributed by atoms with Crippen molar-refractivity contribution in [2.75, 3.05) is 6.54 Å². The first kappa shape index (κ1) is 36.2. The number of benzene rings is 2. The molecule has 8 rings (SSSR count). The van der Waals surface area contributed by atoms with Gasteiger partial charge >= 0.3 is 13.5 Å². The first-order chi connectivity index (χ1) is 24.6. The number of aromatic nitrogens is 1. The molecule has 6 atom stereocenters. The number of alkyl halides is 3. The smallest absolute Gasteiger partial charge is 0.406 e. The lowest BCUT2D eigenvalue weighted by Gasteiger charge is -2.64. The number of rotatable bonds is 11. The molecule has 1 unspecified atom stereocenters. The van der Waals surface area contributed by atoms with E-state index in [9.17, 15) is 22.8 Å². The first-order valence-electron chi connectivity index (χ1n) is 17.9. The Bertz CT molecular complexity index is 1890. The van der Waals surface area contributed by atoms with Gasteiger partial charge in [-0.1, -0.05) is 69.2 Å². The van der Waals surface area contributed by atoms with Gasteiger partial charge in [0.05, 0.1) is 29.9 Å². The van der Waals surface area contributed by atoms with Gasteiger partial charge in [-0.25, -0.2) is 0 Å². The van der Waals surface area contributed by atoms with Gasteiger partial charge in [-0.3, -0.25) is 14.6 Å². The van der Waals surface area contributed by atoms with Gasteiger partial charge in [0.25, 0.3) is 11.8 Å². The Morgan fingerprint density at radius 2 is 1.87 bits per heavy atom. The van der Waals surface area contributed by atoms with E-state index in [0.29, 0.717) is 34.9 Å². The van der Waals surface area contributed by atoms with Crippen LogP contribution in [0, 0.1) is 23.2 Å². The van der Waals surface area contributed by atoms with Crippen molar-refractivity contribution in [2.45, 2.75) is 96.3 Å². The van der Waals surface area contributed by atoms with Crippen LogP contribution in [-0.2, 0) is 25.4 Å². The van der Waals surface area contributed by atoms with Crippen LogP contribution in [0.25, 0.3) is 10.8 Å². The van der Waals surface area contributed by atoms with Crippen LogP contribution in [0.5, 0.6) is 5.75 Å². The molecule has 2 aliphatic heterocycles. The van der Waals surface area contributed by atoms with Gasteiger partial charge in [0, 0.05) is 24.4 Å². The van der Waals surface area contributed by atoms with Crippen LogP contribution in [0.4, 0.5) is 13.2 Å². The fourth-order valence-electron chi connectivity index (χ4n) is 8.80. The van der Waals surface area contributed by atoms with Crippen molar-refractivity contribution in [3.8, 4) is 5.75 Å². The second kappa shape index (κ2) is 13.4. The molecule has 2 N–H and O–H groups in total. The molecule has 3 heterocycles. The maximum atomic E-state index is 14.5. The largest absolute Gasteiger partial charge is 0.573 e. The van der Waals surface area contributed by atoms with Crippen molar-refractivity contribution in [3.05, 3.63) is 72.1 Å². The lowest BCUT2D eigenvalue weighted by atomic mass is 9.43. The summed E-state index contributed by atoms with van der Waals surface area (Å²) in [6.45, 7) is 10.7. The number of oxime groups is 1. The number of fused-ring (bicyclic) bond motifs is 1. The summed E-state index contributed by atoms with van der Waals surface area (Å²) >= 11 is 0. The summed E-state index contributed by atoms with van der Waals surface area (Å²) < 4.78 is 56.8. The predicted molar refractivity (Wildman–Crippen MR) is 188 cm³/mol. The summed E-state index contributed by atoms with van der Waals surface area (Å²) in [5.74, 6) is -0.862. The Kier molecular flexibility index (Phi) is 9.30.